The maximum atomic E-state index is 9.60. The van der Waals surface area contributed by atoms with Gasteiger partial charge in [-0.25, -0.2) is 0 Å². The Morgan fingerprint density at radius 2 is 2.50 bits per heavy atom. The van der Waals surface area contributed by atoms with Crippen LogP contribution in [0.15, 0.2) is 0 Å². The van der Waals surface area contributed by atoms with Crippen molar-refractivity contribution < 1.29 is 9.67 Å². The first-order chi connectivity index (χ1) is 2.77. The predicted molar refractivity (Wildman–Crippen MR) is 27.6 cm³/mol. The van der Waals surface area contributed by atoms with E-state index in [2.05, 4.69) is 0 Å². The van der Waals surface area contributed by atoms with Gasteiger partial charge >= 0.3 is 0 Å². The van der Waals surface area contributed by atoms with E-state index in [1.807, 2.05) is 0 Å². The van der Waals surface area contributed by atoms with Gasteiger partial charge in [-0.05, 0) is 14.8 Å². The molecule has 0 bridgehead atoms. The average Bonchev–Trinajstić information content (AvgIpc) is 1.35. The molecular formula is C2H6O2P2. The molecule has 0 rings (SSSR count). The molecule has 0 aliphatic heterocycles. The van der Waals surface area contributed by atoms with Gasteiger partial charge in [-0.1, -0.05) is 0 Å². The fraction of sp³-hybridized carbons (Fsp3) is 1.00. The maximum Gasteiger partial charge on any atom is 0.108 e. The Bertz CT molecular complexity index is 73.6. The van der Waals surface area contributed by atoms with Crippen molar-refractivity contribution >= 4 is 15.6 Å². The van der Waals surface area contributed by atoms with Crippen molar-refractivity contribution in [2.24, 2.45) is 0 Å². The lowest BCUT2D eigenvalue weighted by Gasteiger charge is -1.82. The first-order valence-electron chi connectivity index (χ1n) is 1.52. The van der Waals surface area contributed by atoms with Crippen molar-refractivity contribution in [1.29, 1.82) is 0 Å². The van der Waals surface area contributed by atoms with E-state index in [1.165, 1.54) is 0 Å². The van der Waals surface area contributed by atoms with E-state index in [4.69, 9.17) is 5.11 Å². The smallest absolute Gasteiger partial charge is 0.108 e. The van der Waals surface area contributed by atoms with Gasteiger partial charge in [-0.2, -0.15) is 0 Å². The largest absolute Gasteiger partial charge is 0.384 e. The first-order valence-corrected chi connectivity index (χ1v) is 4.23. The number of hydrogen-bond donors (Lipinski definition) is 1. The van der Waals surface area contributed by atoms with Gasteiger partial charge in [-0.15, -0.1) is 0 Å². The van der Waals surface area contributed by atoms with E-state index in [0.717, 1.165) is 0 Å². The van der Waals surface area contributed by atoms with E-state index in [9.17, 15) is 4.57 Å². The summed E-state index contributed by atoms with van der Waals surface area (Å²) >= 11 is 0. The molecule has 0 saturated carbocycles. The van der Waals surface area contributed by atoms with Crippen LogP contribution in [0.5, 0.6) is 0 Å². The van der Waals surface area contributed by atoms with Crippen LogP contribution in [0.2, 0.25) is 0 Å². The molecule has 1 N–H and O–H groups in total. The summed E-state index contributed by atoms with van der Waals surface area (Å²) in [5.74, 6) is -0.430. The van der Waals surface area contributed by atoms with Gasteiger partial charge in [0.15, 0.2) is 0 Å². The van der Waals surface area contributed by atoms with Crippen LogP contribution >= 0.6 is 15.6 Å². The molecule has 0 saturated heterocycles. The molecule has 6 heavy (non-hydrogen) atoms. The molecule has 0 aromatic rings. The van der Waals surface area contributed by atoms with Gasteiger partial charge < -0.3 is 5.11 Å². The predicted octanol–water partition coefficient (Wildman–Crippen LogP) is 1.21. The van der Waals surface area contributed by atoms with Crippen LogP contribution < -0.4 is 0 Å². The topological polar surface area (TPSA) is 37.3 Å². The highest BCUT2D eigenvalue weighted by Gasteiger charge is 1.79. The molecule has 0 aliphatic rings. The minimum absolute atomic E-state index is 0.390. The number of rotatable bonds is 1. The molecule has 0 radical (unpaired) electrons. The molecule has 0 aromatic carbocycles. The third-order valence-corrected chi connectivity index (χ3v) is 2.16. The molecule has 0 spiro atoms. The van der Waals surface area contributed by atoms with Gasteiger partial charge in [0.25, 0.3) is 0 Å². The number of aliphatic hydroxyl groups excluding tert-OH is 1. The Hall–Kier alpha value is 0.360. The summed E-state index contributed by atoms with van der Waals surface area (Å²) in [7, 11) is 0.217. The molecule has 36 valence electrons. The highest BCUT2D eigenvalue weighted by molar-refractivity contribution is 7.77. The zero-order valence-electron chi connectivity index (χ0n) is 3.38. The Morgan fingerprint density at radius 1 is 2.00 bits per heavy atom. The van der Waals surface area contributed by atoms with E-state index < -0.39 is 5.85 Å². The summed E-state index contributed by atoms with van der Waals surface area (Å²) in [6, 6.07) is 0. The summed E-state index contributed by atoms with van der Waals surface area (Å²) in [5.41, 5.74) is 0. The van der Waals surface area contributed by atoms with Gasteiger partial charge in [0, 0.05) is 0 Å². The van der Waals surface area contributed by atoms with Crippen molar-refractivity contribution in [3.05, 3.63) is 0 Å². The second-order valence-electron chi connectivity index (χ2n) is 0.852. The third kappa shape index (κ3) is 4.36. The van der Waals surface area contributed by atoms with Crippen LogP contribution in [0.1, 0.15) is 6.92 Å². The SMILES string of the molecule is CC(O)P=[PH]=O. The Morgan fingerprint density at radius 3 is 2.50 bits per heavy atom. The highest BCUT2D eigenvalue weighted by atomic mass is 31.7. The van der Waals surface area contributed by atoms with E-state index >= 15 is 0 Å². The molecule has 4 heteroatoms. The van der Waals surface area contributed by atoms with Gasteiger partial charge in [0.2, 0.25) is 0 Å². The maximum absolute atomic E-state index is 9.60. The molecule has 0 aromatic heterocycles. The molecule has 0 aliphatic carbocycles. The molecule has 0 fully saturated rings. The molecule has 0 amide bonds. The number of aliphatic hydroxyl groups is 1. The molecule has 0 heterocycles. The summed E-state index contributed by atoms with van der Waals surface area (Å²) in [4.78, 5) is 0. The van der Waals surface area contributed by atoms with Gasteiger partial charge in [0.1, 0.15) is 7.75 Å². The van der Waals surface area contributed by atoms with Crippen LogP contribution in [0.4, 0.5) is 0 Å². The summed E-state index contributed by atoms with van der Waals surface area (Å²) in [6.07, 6.45) is 0. The van der Waals surface area contributed by atoms with Crippen LogP contribution in [0.3, 0.4) is 0 Å². The quantitative estimate of drug-likeness (QED) is 0.533. The minimum Gasteiger partial charge on any atom is -0.384 e. The second kappa shape index (κ2) is 3.55. The summed E-state index contributed by atoms with van der Waals surface area (Å²) in [6.45, 7) is 1.60. The lowest BCUT2D eigenvalue weighted by molar-refractivity contribution is 0.283. The lowest BCUT2D eigenvalue weighted by Crippen LogP contribution is -1.79. The average molecular weight is 124 g/mol. The normalized spacial score (nSPS) is 15.7. The first kappa shape index (κ1) is 6.36. The zero-order valence-corrected chi connectivity index (χ0v) is 5.27. The van der Waals surface area contributed by atoms with E-state index in [0.29, 0.717) is 7.87 Å². The third-order valence-electron chi connectivity index (χ3n) is 0.240. The zero-order chi connectivity index (χ0) is 4.99. The molecule has 2 atom stereocenters. The fourth-order valence-corrected chi connectivity index (χ4v) is 0.686. The minimum atomic E-state index is -0.430. The van der Waals surface area contributed by atoms with Crippen molar-refractivity contribution in [2.75, 3.05) is 0 Å². The monoisotopic (exact) mass is 124 g/mol. The van der Waals surface area contributed by atoms with E-state index in [-0.39, 0.29) is 7.75 Å². The Kier molecular flexibility index (Phi) is 3.76. The standard InChI is InChI=1S/C2H6O2P2/c1-2(3)5-6-4/h2-3,6H,1H3. The van der Waals surface area contributed by atoms with Crippen LogP contribution in [0.25, 0.3) is 0 Å². The van der Waals surface area contributed by atoms with Crippen LogP contribution in [-0.2, 0) is 4.57 Å². The van der Waals surface area contributed by atoms with Crippen molar-refractivity contribution in [2.45, 2.75) is 12.8 Å². The lowest BCUT2D eigenvalue weighted by atomic mass is 10.9. The highest BCUT2D eigenvalue weighted by Crippen LogP contribution is 2.09. The second-order valence-corrected chi connectivity index (χ2v) is 3.36. The molecular weight excluding hydrogens is 118 g/mol. The Balaban J connectivity index is 3.29. The van der Waals surface area contributed by atoms with Crippen molar-refractivity contribution in [1.82, 2.24) is 0 Å². The van der Waals surface area contributed by atoms with Gasteiger partial charge in [-0.3, -0.25) is 4.57 Å². The molecule has 2 unspecified atom stereocenters. The van der Waals surface area contributed by atoms with Crippen molar-refractivity contribution in [3.63, 3.8) is 0 Å². The van der Waals surface area contributed by atoms with Crippen molar-refractivity contribution in [3.8, 4) is 0 Å². The molecule has 2 nitrogen and oxygen atoms in total. The number of hydrogen-bond acceptors (Lipinski definition) is 2. The fourth-order valence-electron chi connectivity index (χ4n) is 0.0763. The van der Waals surface area contributed by atoms with Crippen LogP contribution in [0, 0.1) is 0 Å². The van der Waals surface area contributed by atoms with Crippen LogP contribution in [-0.4, -0.2) is 11.0 Å². The van der Waals surface area contributed by atoms with E-state index in [1.54, 1.807) is 6.92 Å². The Labute approximate surface area is 39.0 Å². The summed E-state index contributed by atoms with van der Waals surface area (Å²) < 4.78 is 9.60. The van der Waals surface area contributed by atoms with Gasteiger partial charge in [0.05, 0.1) is 5.85 Å². The summed E-state index contributed by atoms with van der Waals surface area (Å²) in [5, 5.41) is 8.35.